The summed E-state index contributed by atoms with van der Waals surface area (Å²) >= 11 is 0. The minimum absolute atomic E-state index is 0.0463. The first-order chi connectivity index (χ1) is 6.80. The van der Waals surface area contributed by atoms with Crippen molar-refractivity contribution in [1.29, 1.82) is 0 Å². The van der Waals surface area contributed by atoms with E-state index < -0.39 is 0 Å². The molecule has 0 N–H and O–H groups in total. The van der Waals surface area contributed by atoms with Crippen LogP contribution in [0.1, 0.15) is 25.7 Å². The van der Waals surface area contributed by atoms with E-state index in [9.17, 15) is 4.79 Å². The van der Waals surface area contributed by atoms with Gasteiger partial charge in [0, 0.05) is 10.8 Å². The molecule has 0 spiro atoms. The lowest BCUT2D eigenvalue weighted by Gasteiger charge is -2.65. The summed E-state index contributed by atoms with van der Waals surface area (Å²) in [5.74, 6) is 1.66. The first-order valence-electron chi connectivity index (χ1n) is 5.72. The molecule has 4 unspecified atom stereocenters. The quantitative estimate of drug-likeness (QED) is 0.531. The molecule has 0 aromatic carbocycles. The summed E-state index contributed by atoms with van der Waals surface area (Å²) in [6.07, 6.45) is 13.8. The molecule has 5 aliphatic carbocycles. The summed E-state index contributed by atoms with van der Waals surface area (Å²) in [6, 6.07) is 0. The fourth-order valence-corrected chi connectivity index (χ4v) is 4.65. The molecule has 0 saturated heterocycles. The minimum atomic E-state index is 0.0463. The summed E-state index contributed by atoms with van der Waals surface area (Å²) in [4.78, 5) is 12.1. The Morgan fingerprint density at radius 3 is 2.50 bits per heavy atom. The Balaban J connectivity index is 2.00. The largest absolute Gasteiger partial charge is 0.294 e. The molecule has 2 fully saturated rings. The van der Waals surface area contributed by atoms with E-state index in [-0.39, 0.29) is 10.8 Å². The van der Waals surface area contributed by atoms with Gasteiger partial charge in [0.15, 0.2) is 5.78 Å². The predicted octanol–water partition coefficient (Wildman–Crippen LogP) is 2.49. The van der Waals surface area contributed by atoms with Crippen LogP contribution in [0.4, 0.5) is 0 Å². The van der Waals surface area contributed by atoms with Crippen molar-refractivity contribution in [3.63, 3.8) is 0 Å². The number of fused-ring (bicyclic) bond motifs is 1. The molecule has 0 aromatic heterocycles. The lowest BCUT2D eigenvalue weighted by Crippen LogP contribution is -2.62. The number of hydrogen-bond donors (Lipinski definition) is 0. The Kier molecular flexibility index (Phi) is 1.01. The molecule has 0 aliphatic heterocycles. The number of carbonyl (C=O) groups is 1. The Hall–Kier alpha value is -0.850. The van der Waals surface area contributed by atoms with Gasteiger partial charge in [-0.15, -0.1) is 0 Å². The van der Waals surface area contributed by atoms with Crippen molar-refractivity contribution in [1.82, 2.24) is 0 Å². The second-order valence-electron chi connectivity index (χ2n) is 5.38. The molecule has 5 aliphatic rings. The van der Waals surface area contributed by atoms with E-state index in [4.69, 9.17) is 0 Å². The van der Waals surface area contributed by atoms with E-state index in [1.54, 1.807) is 0 Å². The summed E-state index contributed by atoms with van der Waals surface area (Å²) in [5.41, 5.74) is 0.326. The second-order valence-corrected chi connectivity index (χ2v) is 5.38. The molecule has 2 bridgehead atoms. The molecule has 0 radical (unpaired) electrons. The lowest BCUT2D eigenvalue weighted by molar-refractivity contribution is -0.162. The number of allylic oxidation sites excluding steroid dienone is 4. The molecule has 0 aromatic rings. The van der Waals surface area contributed by atoms with Gasteiger partial charge in [-0.1, -0.05) is 18.2 Å². The van der Waals surface area contributed by atoms with Crippen LogP contribution in [0.2, 0.25) is 0 Å². The van der Waals surface area contributed by atoms with Crippen molar-refractivity contribution in [2.24, 2.45) is 22.7 Å². The van der Waals surface area contributed by atoms with Crippen molar-refractivity contribution in [2.75, 3.05) is 0 Å². The zero-order valence-corrected chi connectivity index (χ0v) is 8.20. The van der Waals surface area contributed by atoms with E-state index >= 15 is 0 Å². The van der Waals surface area contributed by atoms with Gasteiger partial charge in [-0.25, -0.2) is 0 Å². The van der Waals surface area contributed by atoms with Gasteiger partial charge in [0.1, 0.15) is 0 Å². The van der Waals surface area contributed by atoms with Crippen molar-refractivity contribution >= 4 is 5.78 Å². The second kappa shape index (κ2) is 1.91. The summed E-state index contributed by atoms with van der Waals surface area (Å²) < 4.78 is 0. The highest BCUT2D eigenvalue weighted by Gasteiger charge is 2.71. The Morgan fingerprint density at radius 2 is 1.93 bits per heavy atom. The minimum Gasteiger partial charge on any atom is -0.294 e. The van der Waals surface area contributed by atoms with Gasteiger partial charge < -0.3 is 0 Å². The summed E-state index contributed by atoms with van der Waals surface area (Å²) in [6.45, 7) is 0. The van der Waals surface area contributed by atoms with Crippen molar-refractivity contribution in [3.05, 3.63) is 24.3 Å². The van der Waals surface area contributed by atoms with Crippen LogP contribution in [0.15, 0.2) is 24.3 Å². The van der Waals surface area contributed by atoms with Crippen LogP contribution < -0.4 is 0 Å². The van der Waals surface area contributed by atoms with Gasteiger partial charge in [0.05, 0.1) is 0 Å². The molecule has 1 heteroatoms. The van der Waals surface area contributed by atoms with Crippen LogP contribution in [0.3, 0.4) is 0 Å². The van der Waals surface area contributed by atoms with Crippen LogP contribution in [0, 0.1) is 22.7 Å². The van der Waals surface area contributed by atoms with Crippen molar-refractivity contribution in [3.8, 4) is 0 Å². The van der Waals surface area contributed by atoms with Gasteiger partial charge in [-0.3, -0.25) is 4.79 Å². The van der Waals surface area contributed by atoms with Crippen LogP contribution in [-0.4, -0.2) is 5.78 Å². The van der Waals surface area contributed by atoms with Gasteiger partial charge in [-0.2, -0.15) is 0 Å². The first kappa shape index (κ1) is 7.44. The van der Waals surface area contributed by atoms with Crippen LogP contribution >= 0.6 is 0 Å². The molecular formula is C13H14O. The summed E-state index contributed by atoms with van der Waals surface area (Å²) in [5, 5.41) is 0. The van der Waals surface area contributed by atoms with E-state index in [1.807, 2.05) is 6.08 Å². The predicted molar refractivity (Wildman–Crippen MR) is 53.6 cm³/mol. The van der Waals surface area contributed by atoms with Gasteiger partial charge >= 0.3 is 0 Å². The highest BCUT2D eigenvalue weighted by atomic mass is 16.1. The van der Waals surface area contributed by atoms with Crippen molar-refractivity contribution < 1.29 is 4.79 Å². The standard InChI is InChI=1S/C13H14O/c14-11-5-6-12-7-8-13(11,12)10-3-1-9(12)2-4-10/h1,3,5-6,9-10H,2,4,7-8H2. The maximum Gasteiger partial charge on any atom is 0.163 e. The van der Waals surface area contributed by atoms with Crippen LogP contribution in [0.25, 0.3) is 0 Å². The molecular weight excluding hydrogens is 172 g/mol. The zero-order valence-electron chi connectivity index (χ0n) is 8.20. The molecule has 1 nitrogen and oxygen atoms in total. The third-order valence-electron chi connectivity index (χ3n) is 5.39. The number of carbonyl (C=O) groups excluding carboxylic acids is 1. The average Bonchev–Trinajstić information content (AvgIpc) is 2.42. The monoisotopic (exact) mass is 186 g/mol. The summed E-state index contributed by atoms with van der Waals surface area (Å²) in [7, 11) is 0. The zero-order chi connectivity index (χ0) is 9.39. The Morgan fingerprint density at radius 1 is 1.14 bits per heavy atom. The molecule has 0 heterocycles. The maximum atomic E-state index is 12.1. The van der Waals surface area contributed by atoms with Gasteiger partial charge in [-0.05, 0) is 43.6 Å². The van der Waals surface area contributed by atoms with Crippen LogP contribution in [-0.2, 0) is 4.79 Å². The molecule has 72 valence electrons. The average molecular weight is 186 g/mol. The smallest absolute Gasteiger partial charge is 0.163 e. The number of rotatable bonds is 0. The number of ketones is 1. The molecule has 14 heavy (non-hydrogen) atoms. The van der Waals surface area contributed by atoms with Gasteiger partial charge in [0.2, 0.25) is 0 Å². The Labute approximate surface area is 83.9 Å². The molecule has 0 amide bonds. The lowest BCUT2D eigenvalue weighted by atomic mass is 9.36. The molecule has 2 saturated carbocycles. The fraction of sp³-hybridized carbons (Fsp3) is 0.615. The fourth-order valence-electron chi connectivity index (χ4n) is 4.65. The SMILES string of the molecule is O=C1C=CC23CCC12C1C=CC3CC1. The van der Waals surface area contributed by atoms with Gasteiger partial charge in [0.25, 0.3) is 0 Å². The Bertz CT molecular complexity index is 392. The molecule has 4 atom stereocenters. The van der Waals surface area contributed by atoms with Crippen LogP contribution in [0.5, 0.6) is 0 Å². The third-order valence-corrected chi connectivity index (χ3v) is 5.39. The molecule has 5 rings (SSSR count). The third kappa shape index (κ3) is 0.476. The van der Waals surface area contributed by atoms with E-state index in [0.717, 1.165) is 6.42 Å². The maximum absolute atomic E-state index is 12.1. The van der Waals surface area contributed by atoms with E-state index in [2.05, 4.69) is 18.2 Å². The number of hydrogen-bond acceptors (Lipinski definition) is 1. The highest BCUT2D eigenvalue weighted by Crippen LogP contribution is 2.74. The first-order valence-corrected chi connectivity index (χ1v) is 5.72. The topological polar surface area (TPSA) is 17.1 Å². The van der Waals surface area contributed by atoms with Crippen molar-refractivity contribution in [2.45, 2.75) is 25.7 Å². The normalized spacial score (nSPS) is 57.0. The van der Waals surface area contributed by atoms with E-state index in [1.165, 1.54) is 19.3 Å². The highest BCUT2D eigenvalue weighted by molar-refractivity contribution is 6.00. The van der Waals surface area contributed by atoms with E-state index in [0.29, 0.717) is 17.6 Å².